The maximum atomic E-state index is 11.8. The Hall–Kier alpha value is -0.770. The Morgan fingerprint density at radius 2 is 2.11 bits per heavy atom. The third-order valence-corrected chi connectivity index (χ3v) is 4.12. The Morgan fingerprint density at radius 1 is 1.39 bits per heavy atom. The Balaban J connectivity index is 2.27. The van der Waals surface area contributed by atoms with Gasteiger partial charge in [-0.15, -0.1) is 0 Å². The quantitative estimate of drug-likeness (QED) is 0.624. The molecular weight excluding hydrogens is 228 g/mol. The highest BCUT2D eigenvalue weighted by atomic mass is 16.3. The molecule has 0 aromatic heterocycles. The van der Waals surface area contributed by atoms with E-state index in [9.17, 15) is 4.79 Å². The number of nitrogens with one attached hydrogen (secondary N) is 2. The van der Waals surface area contributed by atoms with Gasteiger partial charge >= 0.3 is 6.03 Å². The van der Waals surface area contributed by atoms with E-state index in [0.29, 0.717) is 11.8 Å². The highest BCUT2D eigenvalue weighted by Gasteiger charge is 2.36. The lowest BCUT2D eigenvalue weighted by Crippen LogP contribution is -2.48. The van der Waals surface area contributed by atoms with Crippen LogP contribution in [0.5, 0.6) is 0 Å². The zero-order valence-corrected chi connectivity index (χ0v) is 11.8. The molecule has 2 amide bonds. The standard InChI is InChI=1S/C14H28N2O2/c1-3-7-14(8-5-9-14)11-15-13(18)16-12(4-2)6-10-17/h12,17H,3-11H2,1-2H3,(H2,15,16,18). The van der Waals surface area contributed by atoms with Crippen molar-refractivity contribution in [2.24, 2.45) is 5.41 Å². The summed E-state index contributed by atoms with van der Waals surface area (Å²) in [6, 6.07) is -0.00352. The van der Waals surface area contributed by atoms with Gasteiger partial charge in [-0.05, 0) is 37.5 Å². The van der Waals surface area contributed by atoms with Crippen LogP contribution in [-0.4, -0.2) is 30.3 Å². The first-order valence-corrected chi connectivity index (χ1v) is 7.31. The van der Waals surface area contributed by atoms with Crippen molar-refractivity contribution in [1.82, 2.24) is 10.6 Å². The van der Waals surface area contributed by atoms with Gasteiger partial charge in [0.15, 0.2) is 0 Å². The second-order valence-electron chi connectivity index (χ2n) is 5.55. The van der Waals surface area contributed by atoms with Crippen molar-refractivity contribution in [2.75, 3.05) is 13.2 Å². The van der Waals surface area contributed by atoms with Crippen molar-refractivity contribution in [3.63, 3.8) is 0 Å². The molecule has 1 aliphatic rings. The minimum Gasteiger partial charge on any atom is -0.396 e. The molecule has 0 heterocycles. The van der Waals surface area contributed by atoms with Crippen molar-refractivity contribution in [2.45, 2.75) is 64.8 Å². The summed E-state index contributed by atoms with van der Waals surface area (Å²) < 4.78 is 0. The molecule has 4 heteroatoms. The van der Waals surface area contributed by atoms with Crippen LogP contribution in [0.2, 0.25) is 0 Å². The van der Waals surface area contributed by atoms with Crippen LogP contribution in [0, 0.1) is 5.41 Å². The van der Waals surface area contributed by atoms with Gasteiger partial charge in [-0.1, -0.05) is 26.7 Å². The SMILES string of the molecule is CCCC1(CNC(=O)NC(CC)CCO)CCC1. The molecule has 1 fully saturated rings. The molecule has 106 valence electrons. The van der Waals surface area contributed by atoms with Crippen molar-refractivity contribution in [1.29, 1.82) is 0 Å². The van der Waals surface area contributed by atoms with E-state index in [0.717, 1.165) is 13.0 Å². The molecule has 18 heavy (non-hydrogen) atoms. The molecule has 1 atom stereocenters. The maximum Gasteiger partial charge on any atom is 0.315 e. The molecule has 0 radical (unpaired) electrons. The molecule has 0 aromatic carbocycles. The van der Waals surface area contributed by atoms with Gasteiger partial charge in [0.25, 0.3) is 0 Å². The van der Waals surface area contributed by atoms with Gasteiger partial charge in [-0.25, -0.2) is 4.79 Å². The van der Waals surface area contributed by atoms with Crippen LogP contribution in [-0.2, 0) is 0 Å². The Bertz CT molecular complexity index is 252. The predicted octanol–water partition coefficient (Wildman–Crippen LogP) is 2.42. The van der Waals surface area contributed by atoms with E-state index < -0.39 is 0 Å². The van der Waals surface area contributed by atoms with Crippen LogP contribution in [0.25, 0.3) is 0 Å². The smallest absolute Gasteiger partial charge is 0.315 e. The van der Waals surface area contributed by atoms with E-state index in [4.69, 9.17) is 5.11 Å². The van der Waals surface area contributed by atoms with E-state index in [-0.39, 0.29) is 18.7 Å². The second kappa shape index (κ2) is 7.62. The molecule has 0 saturated heterocycles. The largest absolute Gasteiger partial charge is 0.396 e. The third-order valence-electron chi connectivity index (χ3n) is 4.12. The lowest BCUT2D eigenvalue weighted by Gasteiger charge is -2.42. The maximum absolute atomic E-state index is 11.8. The number of carbonyl (C=O) groups is 1. The molecule has 0 bridgehead atoms. The lowest BCUT2D eigenvalue weighted by atomic mass is 9.66. The van der Waals surface area contributed by atoms with E-state index in [1.165, 1.54) is 32.1 Å². The second-order valence-corrected chi connectivity index (χ2v) is 5.55. The van der Waals surface area contributed by atoms with Crippen molar-refractivity contribution >= 4 is 6.03 Å². The van der Waals surface area contributed by atoms with Crippen LogP contribution in [0.1, 0.15) is 58.8 Å². The fourth-order valence-electron chi connectivity index (χ4n) is 2.76. The highest BCUT2D eigenvalue weighted by Crippen LogP contribution is 2.44. The van der Waals surface area contributed by atoms with Gasteiger partial charge in [-0.3, -0.25) is 0 Å². The van der Waals surface area contributed by atoms with Crippen molar-refractivity contribution in [3.8, 4) is 0 Å². The number of rotatable bonds is 8. The summed E-state index contributed by atoms with van der Waals surface area (Å²) in [7, 11) is 0. The molecule has 4 nitrogen and oxygen atoms in total. The van der Waals surface area contributed by atoms with Crippen LogP contribution in [0.4, 0.5) is 4.79 Å². The van der Waals surface area contributed by atoms with Gasteiger partial charge in [0.2, 0.25) is 0 Å². The third kappa shape index (κ3) is 4.48. The van der Waals surface area contributed by atoms with Crippen molar-refractivity contribution < 1.29 is 9.90 Å². The Morgan fingerprint density at radius 3 is 2.56 bits per heavy atom. The summed E-state index contributed by atoms with van der Waals surface area (Å²) in [5.41, 5.74) is 0.366. The van der Waals surface area contributed by atoms with E-state index in [1.807, 2.05) is 6.92 Å². The van der Waals surface area contributed by atoms with E-state index >= 15 is 0 Å². The van der Waals surface area contributed by atoms with E-state index in [2.05, 4.69) is 17.6 Å². The predicted molar refractivity (Wildman–Crippen MR) is 73.5 cm³/mol. The summed E-state index contributed by atoms with van der Waals surface area (Å²) in [4.78, 5) is 11.8. The van der Waals surface area contributed by atoms with Gasteiger partial charge in [0.05, 0.1) is 0 Å². The number of amides is 2. The minimum atomic E-state index is -0.0855. The lowest BCUT2D eigenvalue weighted by molar-refractivity contribution is 0.117. The Kier molecular flexibility index (Phi) is 6.47. The molecule has 3 N–H and O–H groups in total. The van der Waals surface area contributed by atoms with E-state index in [1.54, 1.807) is 0 Å². The summed E-state index contributed by atoms with van der Waals surface area (Å²) in [5.74, 6) is 0. The van der Waals surface area contributed by atoms with Crippen LogP contribution in [0.15, 0.2) is 0 Å². The monoisotopic (exact) mass is 256 g/mol. The van der Waals surface area contributed by atoms with Gasteiger partial charge < -0.3 is 15.7 Å². The number of hydrogen-bond acceptors (Lipinski definition) is 2. The fraction of sp³-hybridized carbons (Fsp3) is 0.929. The van der Waals surface area contributed by atoms with Gasteiger partial charge in [0, 0.05) is 19.2 Å². The first-order chi connectivity index (χ1) is 8.65. The number of carbonyl (C=O) groups excluding carboxylic acids is 1. The average Bonchev–Trinajstić information content (AvgIpc) is 2.31. The summed E-state index contributed by atoms with van der Waals surface area (Å²) in [6.45, 7) is 5.14. The number of aliphatic hydroxyl groups excluding tert-OH is 1. The Labute approximate surface area is 111 Å². The first-order valence-electron chi connectivity index (χ1n) is 7.31. The minimum absolute atomic E-state index is 0.0820. The zero-order chi connectivity index (χ0) is 13.4. The zero-order valence-electron chi connectivity index (χ0n) is 11.8. The van der Waals surface area contributed by atoms with Gasteiger partial charge in [-0.2, -0.15) is 0 Å². The van der Waals surface area contributed by atoms with Crippen molar-refractivity contribution in [3.05, 3.63) is 0 Å². The van der Waals surface area contributed by atoms with Crippen LogP contribution in [0.3, 0.4) is 0 Å². The molecule has 1 unspecified atom stereocenters. The fourth-order valence-corrected chi connectivity index (χ4v) is 2.76. The van der Waals surface area contributed by atoms with Crippen LogP contribution < -0.4 is 10.6 Å². The first kappa shape index (κ1) is 15.3. The normalized spacial score (nSPS) is 18.8. The topological polar surface area (TPSA) is 61.4 Å². The number of aliphatic hydroxyl groups is 1. The number of urea groups is 1. The van der Waals surface area contributed by atoms with Crippen LogP contribution >= 0.6 is 0 Å². The summed E-state index contributed by atoms with van der Waals surface area (Å²) in [5, 5.41) is 14.8. The van der Waals surface area contributed by atoms with Gasteiger partial charge in [0.1, 0.15) is 0 Å². The average molecular weight is 256 g/mol. The highest BCUT2D eigenvalue weighted by molar-refractivity contribution is 5.74. The molecule has 0 aliphatic heterocycles. The molecule has 0 spiro atoms. The molecule has 1 aliphatic carbocycles. The molecule has 1 rings (SSSR count). The summed E-state index contributed by atoms with van der Waals surface area (Å²) in [6.07, 6.45) is 7.67. The summed E-state index contributed by atoms with van der Waals surface area (Å²) >= 11 is 0. The molecule has 0 aromatic rings. The molecular formula is C14H28N2O2. The molecule has 1 saturated carbocycles. The number of hydrogen-bond donors (Lipinski definition) is 3.